The van der Waals surface area contributed by atoms with Gasteiger partial charge in [0, 0.05) is 36.3 Å². The minimum atomic E-state index is -4.94. The average Bonchev–Trinajstić information content (AvgIpc) is 2.81. The van der Waals surface area contributed by atoms with Gasteiger partial charge in [-0.1, -0.05) is 18.5 Å². The number of ether oxygens (including phenoxy) is 2. The SMILES string of the molecule is C[C@H]1COCC[C@@H]1NC(=O)[C@](C)(c1cncnc1)N(C(=O)[C@H](F)Cl)c1ccc(OC(F)(F)F)cc1. The highest BCUT2D eigenvalue weighted by Crippen LogP contribution is 2.36. The van der Waals surface area contributed by atoms with Crippen LogP contribution in [-0.4, -0.2) is 53.0 Å². The maximum atomic E-state index is 14.2. The van der Waals surface area contributed by atoms with Crippen LogP contribution in [0.2, 0.25) is 0 Å². The lowest BCUT2D eigenvalue weighted by atomic mass is 9.88. The molecule has 0 radical (unpaired) electrons. The second kappa shape index (κ2) is 10.7. The molecular weight excluding hydrogens is 496 g/mol. The van der Waals surface area contributed by atoms with Crippen molar-refractivity contribution < 1.29 is 36.6 Å². The summed E-state index contributed by atoms with van der Waals surface area (Å²) in [5.74, 6) is -2.61. The van der Waals surface area contributed by atoms with Gasteiger partial charge in [0.05, 0.1) is 6.61 Å². The third-order valence-electron chi connectivity index (χ3n) is 5.70. The van der Waals surface area contributed by atoms with Crippen LogP contribution in [0.15, 0.2) is 43.0 Å². The van der Waals surface area contributed by atoms with Crippen molar-refractivity contribution in [1.29, 1.82) is 0 Å². The first-order chi connectivity index (χ1) is 16.4. The molecule has 190 valence electrons. The lowest BCUT2D eigenvalue weighted by Crippen LogP contribution is -2.61. The van der Waals surface area contributed by atoms with Crippen molar-refractivity contribution in [2.45, 2.75) is 43.8 Å². The molecular formula is C22H23ClF4N4O4. The van der Waals surface area contributed by atoms with Crippen molar-refractivity contribution in [3.05, 3.63) is 48.5 Å². The quantitative estimate of drug-likeness (QED) is 0.444. The summed E-state index contributed by atoms with van der Waals surface area (Å²) < 4.78 is 61.2. The number of nitrogens with zero attached hydrogens (tertiary/aromatic N) is 3. The van der Waals surface area contributed by atoms with Crippen LogP contribution in [0.1, 0.15) is 25.8 Å². The van der Waals surface area contributed by atoms with Gasteiger partial charge in [0.2, 0.25) is 0 Å². The average molecular weight is 519 g/mol. The number of aromatic nitrogens is 2. The highest BCUT2D eigenvalue weighted by atomic mass is 35.5. The number of carbonyl (C=O) groups excluding carboxylic acids is 2. The maximum Gasteiger partial charge on any atom is 0.573 e. The third kappa shape index (κ3) is 6.17. The number of halogens is 5. The van der Waals surface area contributed by atoms with E-state index in [1.165, 1.54) is 25.6 Å². The monoisotopic (exact) mass is 518 g/mol. The molecule has 1 fully saturated rings. The molecule has 1 aromatic carbocycles. The maximum absolute atomic E-state index is 14.2. The summed E-state index contributed by atoms with van der Waals surface area (Å²) in [6.07, 6.45) is -0.663. The number of nitrogens with one attached hydrogen (secondary N) is 1. The van der Waals surface area contributed by atoms with E-state index in [1.54, 1.807) is 0 Å². The van der Waals surface area contributed by atoms with Crippen LogP contribution >= 0.6 is 11.6 Å². The Balaban J connectivity index is 2.08. The largest absolute Gasteiger partial charge is 0.573 e. The number of hydrogen-bond donors (Lipinski definition) is 1. The zero-order valence-corrected chi connectivity index (χ0v) is 19.5. The zero-order valence-electron chi connectivity index (χ0n) is 18.8. The number of hydrogen-bond acceptors (Lipinski definition) is 6. The predicted octanol–water partition coefficient (Wildman–Crippen LogP) is 3.70. The van der Waals surface area contributed by atoms with E-state index in [4.69, 9.17) is 16.3 Å². The Hall–Kier alpha value is -2.99. The minimum Gasteiger partial charge on any atom is -0.406 e. The predicted molar refractivity (Wildman–Crippen MR) is 117 cm³/mol. The van der Waals surface area contributed by atoms with Crippen molar-refractivity contribution in [2.75, 3.05) is 18.1 Å². The van der Waals surface area contributed by atoms with Gasteiger partial charge in [-0.25, -0.2) is 14.4 Å². The smallest absolute Gasteiger partial charge is 0.406 e. The molecule has 0 unspecified atom stereocenters. The highest BCUT2D eigenvalue weighted by molar-refractivity contribution is 6.32. The minimum absolute atomic E-state index is 0.0473. The molecule has 8 nitrogen and oxygen atoms in total. The lowest BCUT2D eigenvalue weighted by Gasteiger charge is -2.42. The first-order valence-electron chi connectivity index (χ1n) is 10.6. The summed E-state index contributed by atoms with van der Waals surface area (Å²) in [6, 6.07) is 3.74. The molecule has 0 bridgehead atoms. The van der Waals surface area contributed by atoms with Crippen LogP contribution < -0.4 is 15.0 Å². The summed E-state index contributed by atoms with van der Waals surface area (Å²) >= 11 is 5.49. The molecule has 35 heavy (non-hydrogen) atoms. The Bertz CT molecular complexity index is 1030. The van der Waals surface area contributed by atoms with E-state index in [-0.39, 0.29) is 23.2 Å². The first-order valence-corrected chi connectivity index (χ1v) is 11.0. The zero-order chi connectivity index (χ0) is 25.8. The second-order valence-corrected chi connectivity index (χ2v) is 8.52. The van der Waals surface area contributed by atoms with Crippen LogP contribution in [0.3, 0.4) is 0 Å². The number of alkyl halides is 5. The van der Waals surface area contributed by atoms with Gasteiger partial charge in [-0.3, -0.25) is 14.5 Å². The van der Waals surface area contributed by atoms with Gasteiger partial charge in [-0.05, 0) is 43.5 Å². The summed E-state index contributed by atoms with van der Waals surface area (Å²) in [5, 5.41) is 2.89. The van der Waals surface area contributed by atoms with Gasteiger partial charge in [0.15, 0.2) is 5.54 Å². The van der Waals surface area contributed by atoms with Gasteiger partial charge in [-0.2, -0.15) is 0 Å². The fourth-order valence-corrected chi connectivity index (χ4v) is 3.91. The van der Waals surface area contributed by atoms with E-state index >= 15 is 0 Å². The van der Waals surface area contributed by atoms with Gasteiger partial charge in [0.1, 0.15) is 12.1 Å². The molecule has 3 rings (SSSR count). The molecule has 0 saturated carbocycles. The Morgan fingerprint density at radius 2 is 1.86 bits per heavy atom. The number of anilines is 1. The van der Waals surface area contributed by atoms with Crippen LogP contribution in [-0.2, 0) is 19.9 Å². The second-order valence-electron chi connectivity index (χ2n) is 8.14. The molecule has 0 spiro atoms. The molecule has 1 aromatic heterocycles. The van der Waals surface area contributed by atoms with E-state index in [1.807, 2.05) is 6.92 Å². The Morgan fingerprint density at radius 1 is 1.23 bits per heavy atom. The van der Waals surface area contributed by atoms with Gasteiger partial charge in [0.25, 0.3) is 17.4 Å². The van der Waals surface area contributed by atoms with Crippen molar-refractivity contribution in [3.8, 4) is 5.75 Å². The topological polar surface area (TPSA) is 93.6 Å². The number of carbonyl (C=O) groups is 2. The van der Waals surface area contributed by atoms with Crippen LogP contribution in [0, 0.1) is 5.92 Å². The molecule has 1 aliphatic rings. The number of rotatable bonds is 7. The van der Waals surface area contributed by atoms with E-state index in [2.05, 4.69) is 20.0 Å². The molecule has 2 amide bonds. The van der Waals surface area contributed by atoms with Crippen LogP contribution in [0.4, 0.5) is 23.2 Å². The van der Waals surface area contributed by atoms with Crippen molar-refractivity contribution in [3.63, 3.8) is 0 Å². The molecule has 2 heterocycles. The molecule has 4 atom stereocenters. The summed E-state index contributed by atoms with van der Waals surface area (Å²) in [7, 11) is 0. The number of amides is 2. The van der Waals surface area contributed by atoms with E-state index in [9.17, 15) is 27.2 Å². The van der Waals surface area contributed by atoms with Crippen molar-refractivity contribution >= 4 is 29.1 Å². The molecule has 1 aliphatic heterocycles. The lowest BCUT2D eigenvalue weighted by molar-refractivity contribution is -0.274. The van der Waals surface area contributed by atoms with Crippen LogP contribution in [0.5, 0.6) is 5.75 Å². The summed E-state index contributed by atoms with van der Waals surface area (Å²) in [4.78, 5) is 35.3. The Morgan fingerprint density at radius 3 is 2.40 bits per heavy atom. The van der Waals surface area contributed by atoms with E-state index < -0.39 is 35.1 Å². The highest BCUT2D eigenvalue weighted by Gasteiger charge is 2.48. The molecule has 2 aromatic rings. The van der Waals surface area contributed by atoms with Gasteiger partial charge in [-0.15, -0.1) is 13.2 Å². The third-order valence-corrected chi connectivity index (χ3v) is 5.89. The summed E-state index contributed by atoms with van der Waals surface area (Å²) in [5.41, 5.74) is -4.46. The Kier molecular flexibility index (Phi) is 8.16. The Labute approximate surface area is 203 Å². The van der Waals surface area contributed by atoms with E-state index in [0.29, 0.717) is 19.6 Å². The molecule has 1 saturated heterocycles. The number of benzene rings is 1. The van der Waals surface area contributed by atoms with Gasteiger partial charge < -0.3 is 14.8 Å². The first kappa shape index (κ1) is 26.6. The molecule has 13 heteroatoms. The fraction of sp³-hybridized carbons (Fsp3) is 0.455. The van der Waals surface area contributed by atoms with Crippen molar-refractivity contribution in [2.24, 2.45) is 5.92 Å². The van der Waals surface area contributed by atoms with Crippen molar-refractivity contribution in [1.82, 2.24) is 15.3 Å². The fourth-order valence-electron chi connectivity index (χ4n) is 3.82. The normalized spacial score (nSPS) is 20.9. The standard InChI is InChI=1S/C22H23ClF4N4O4/c1-13-11-34-8-7-17(13)30-20(33)21(2,14-9-28-12-29-10-14)31(19(32)18(23)24)15-3-5-16(6-4-15)35-22(25,26)27/h3-6,9-10,12-13,17-18H,7-8,11H2,1-2H3,(H,30,33)/t13-,17-,18-,21-/m0/s1. The summed E-state index contributed by atoms with van der Waals surface area (Å²) in [6.45, 7) is 4.06. The van der Waals surface area contributed by atoms with Gasteiger partial charge >= 0.3 is 6.36 Å². The molecule has 1 N–H and O–H groups in total. The van der Waals surface area contributed by atoms with Crippen LogP contribution in [0.25, 0.3) is 0 Å². The van der Waals surface area contributed by atoms with E-state index in [0.717, 1.165) is 29.2 Å². The molecule has 0 aliphatic carbocycles.